The third-order valence-electron chi connectivity index (χ3n) is 2.18. The number of nitrogens with one attached hydrogen (secondary N) is 1. The van der Waals surface area contributed by atoms with Crippen LogP contribution in [0.3, 0.4) is 0 Å². The van der Waals surface area contributed by atoms with Gasteiger partial charge in [0, 0.05) is 19.0 Å². The van der Waals surface area contributed by atoms with Gasteiger partial charge in [-0.2, -0.15) is 0 Å². The zero-order chi connectivity index (χ0) is 8.82. The zero-order valence-electron chi connectivity index (χ0n) is 6.35. The van der Waals surface area contributed by atoms with E-state index in [4.69, 9.17) is 5.73 Å². The molecule has 0 aliphatic heterocycles. The molecule has 5 heteroatoms. The Labute approximate surface area is 75.4 Å². The summed E-state index contributed by atoms with van der Waals surface area (Å²) in [5.41, 5.74) is 5.40. The summed E-state index contributed by atoms with van der Waals surface area (Å²) < 4.78 is 25.0. The molecule has 1 fully saturated rings. The maximum atomic E-state index is 12.5. The number of aromatic nitrogens is 2. The molecule has 1 saturated carbocycles. The first kappa shape index (κ1) is 10.1. The van der Waals surface area contributed by atoms with Crippen molar-refractivity contribution < 1.29 is 8.78 Å². The van der Waals surface area contributed by atoms with Crippen molar-refractivity contribution in [3.8, 4) is 0 Å². The Morgan fingerprint density at radius 3 is 2.46 bits per heavy atom. The van der Waals surface area contributed by atoms with Crippen molar-refractivity contribution in [1.82, 2.24) is 9.97 Å². The van der Waals surface area contributed by atoms with Crippen LogP contribution < -0.4 is 5.73 Å². The minimum Gasteiger partial charge on any atom is -0.347 e. The van der Waals surface area contributed by atoms with Crippen molar-refractivity contribution in [1.29, 1.82) is 0 Å². The quantitative estimate of drug-likeness (QED) is 0.705. The lowest BCUT2D eigenvalue weighted by atomic mass is 9.72. The number of alkyl halides is 2. The van der Waals surface area contributed by atoms with Crippen molar-refractivity contribution in [2.75, 3.05) is 0 Å². The lowest BCUT2D eigenvalue weighted by molar-refractivity contribution is -0.126. The maximum absolute atomic E-state index is 12.5. The minimum atomic E-state index is -2.60. The summed E-state index contributed by atoms with van der Waals surface area (Å²) >= 11 is 0. The summed E-state index contributed by atoms with van der Waals surface area (Å²) in [4.78, 5) is 6.49. The molecule has 1 heterocycles. The summed E-state index contributed by atoms with van der Waals surface area (Å²) in [5, 5.41) is 0. The SMILES string of the molecule is C.NC1(c2cnc[nH]2)CC(F)(F)C1. The van der Waals surface area contributed by atoms with Gasteiger partial charge in [-0.1, -0.05) is 7.43 Å². The van der Waals surface area contributed by atoms with Gasteiger partial charge in [0.2, 0.25) is 0 Å². The fraction of sp³-hybridized carbons (Fsp3) is 0.625. The normalized spacial score (nSPS) is 23.0. The third kappa shape index (κ3) is 1.56. The lowest BCUT2D eigenvalue weighted by Crippen LogP contribution is -2.55. The van der Waals surface area contributed by atoms with Crippen molar-refractivity contribution in [3.63, 3.8) is 0 Å². The summed E-state index contributed by atoms with van der Waals surface area (Å²) in [6.45, 7) is 0. The molecule has 1 aromatic heterocycles. The van der Waals surface area contributed by atoms with Crippen LogP contribution in [0.2, 0.25) is 0 Å². The van der Waals surface area contributed by atoms with E-state index in [1.54, 1.807) is 0 Å². The molecule has 0 unspecified atom stereocenters. The van der Waals surface area contributed by atoms with Crippen LogP contribution in [-0.4, -0.2) is 15.9 Å². The predicted octanol–water partition coefficient (Wildman–Crippen LogP) is 1.63. The molecule has 3 nitrogen and oxygen atoms in total. The fourth-order valence-corrected chi connectivity index (χ4v) is 1.59. The second kappa shape index (κ2) is 2.77. The van der Waals surface area contributed by atoms with E-state index in [1.165, 1.54) is 12.5 Å². The Balaban J connectivity index is 0.000000845. The summed E-state index contributed by atoms with van der Waals surface area (Å²) in [6, 6.07) is 0. The number of imidazole rings is 1. The second-order valence-corrected chi connectivity index (χ2v) is 3.33. The molecule has 0 amide bonds. The molecule has 0 spiro atoms. The van der Waals surface area contributed by atoms with Gasteiger partial charge in [0.15, 0.2) is 0 Å². The first-order valence-corrected chi connectivity index (χ1v) is 3.67. The number of halogens is 2. The molecule has 0 atom stereocenters. The maximum Gasteiger partial charge on any atom is 0.252 e. The van der Waals surface area contributed by atoms with Crippen LogP contribution in [0.15, 0.2) is 12.5 Å². The van der Waals surface area contributed by atoms with E-state index in [9.17, 15) is 8.78 Å². The molecule has 2 rings (SSSR count). The summed E-state index contributed by atoms with van der Waals surface area (Å²) in [7, 11) is 0. The van der Waals surface area contributed by atoms with Gasteiger partial charge in [0.05, 0.1) is 17.6 Å². The number of aromatic amines is 1. The van der Waals surface area contributed by atoms with Gasteiger partial charge in [-0.15, -0.1) is 0 Å². The molecule has 74 valence electrons. The number of H-pyrrole nitrogens is 1. The number of nitrogens with two attached hydrogens (primary N) is 1. The number of nitrogens with zero attached hydrogens (tertiary/aromatic N) is 1. The number of hydrogen-bond acceptors (Lipinski definition) is 2. The molecular formula is C8H13F2N3. The Morgan fingerprint density at radius 1 is 1.46 bits per heavy atom. The first-order valence-electron chi connectivity index (χ1n) is 3.67. The molecule has 0 saturated heterocycles. The van der Waals surface area contributed by atoms with Crippen molar-refractivity contribution >= 4 is 0 Å². The standard InChI is InChI=1S/C7H9F2N3.CH4/c8-7(9)2-6(10,3-7)5-1-11-4-12-5;/h1,4H,2-3,10H2,(H,11,12);1H4. The minimum absolute atomic E-state index is 0. The van der Waals surface area contributed by atoms with Gasteiger partial charge in [0.1, 0.15) is 0 Å². The second-order valence-electron chi connectivity index (χ2n) is 3.33. The largest absolute Gasteiger partial charge is 0.347 e. The first-order chi connectivity index (χ1) is 5.52. The number of hydrogen-bond donors (Lipinski definition) is 2. The van der Waals surface area contributed by atoms with Crippen molar-refractivity contribution in [3.05, 3.63) is 18.2 Å². The molecule has 0 bridgehead atoms. The Kier molecular flexibility index (Phi) is 2.15. The van der Waals surface area contributed by atoms with E-state index >= 15 is 0 Å². The van der Waals surface area contributed by atoms with Gasteiger partial charge in [-0.3, -0.25) is 0 Å². The van der Waals surface area contributed by atoms with Gasteiger partial charge >= 0.3 is 0 Å². The van der Waals surface area contributed by atoms with Crippen LogP contribution in [0.4, 0.5) is 8.78 Å². The summed E-state index contributed by atoms with van der Waals surface area (Å²) in [5.74, 6) is -2.60. The molecule has 13 heavy (non-hydrogen) atoms. The van der Waals surface area contributed by atoms with E-state index in [1.807, 2.05) is 0 Å². The van der Waals surface area contributed by atoms with Crippen LogP contribution >= 0.6 is 0 Å². The van der Waals surface area contributed by atoms with Gasteiger partial charge in [0.25, 0.3) is 5.92 Å². The molecule has 3 N–H and O–H groups in total. The fourth-order valence-electron chi connectivity index (χ4n) is 1.59. The van der Waals surface area contributed by atoms with Crippen LogP contribution in [0.5, 0.6) is 0 Å². The van der Waals surface area contributed by atoms with E-state index in [0.717, 1.165) is 0 Å². The molecule has 1 aliphatic carbocycles. The van der Waals surface area contributed by atoms with E-state index in [0.29, 0.717) is 5.69 Å². The summed E-state index contributed by atoms with van der Waals surface area (Å²) in [6.07, 6.45) is 2.36. The smallest absolute Gasteiger partial charge is 0.252 e. The molecule has 1 aliphatic rings. The Bertz CT molecular complexity index is 274. The van der Waals surface area contributed by atoms with Crippen LogP contribution in [0.1, 0.15) is 26.0 Å². The molecule has 1 aromatic rings. The van der Waals surface area contributed by atoms with Gasteiger partial charge in [-0.25, -0.2) is 13.8 Å². The van der Waals surface area contributed by atoms with Crippen LogP contribution in [0, 0.1) is 0 Å². The lowest BCUT2D eigenvalue weighted by Gasteiger charge is -2.43. The van der Waals surface area contributed by atoms with Crippen molar-refractivity contribution in [2.45, 2.75) is 31.7 Å². The number of rotatable bonds is 1. The molecular weight excluding hydrogens is 176 g/mol. The van der Waals surface area contributed by atoms with E-state index in [2.05, 4.69) is 9.97 Å². The molecule has 0 aromatic carbocycles. The highest BCUT2D eigenvalue weighted by molar-refractivity contribution is 5.19. The van der Waals surface area contributed by atoms with Crippen LogP contribution in [0.25, 0.3) is 0 Å². The van der Waals surface area contributed by atoms with E-state index in [-0.39, 0.29) is 20.3 Å². The highest BCUT2D eigenvalue weighted by Gasteiger charge is 2.55. The third-order valence-corrected chi connectivity index (χ3v) is 2.18. The monoisotopic (exact) mass is 189 g/mol. The molecule has 0 radical (unpaired) electrons. The predicted molar refractivity (Wildman–Crippen MR) is 45.4 cm³/mol. The van der Waals surface area contributed by atoms with Crippen molar-refractivity contribution in [2.24, 2.45) is 5.73 Å². The Morgan fingerprint density at radius 2 is 2.08 bits per heavy atom. The highest BCUT2D eigenvalue weighted by Crippen LogP contribution is 2.48. The van der Waals surface area contributed by atoms with Crippen LogP contribution in [-0.2, 0) is 5.54 Å². The average molecular weight is 189 g/mol. The van der Waals surface area contributed by atoms with Gasteiger partial charge in [-0.05, 0) is 0 Å². The van der Waals surface area contributed by atoms with E-state index < -0.39 is 11.5 Å². The topological polar surface area (TPSA) is 54.7 Å². The highest BCUT2D eigenvalue weighted by atomic mass is 19.3. The van der Waals surface area contributed by atoms with Gasteiger partial charge < -0.3 is 10.7 Å². The Hall–Kier alpha value is -0.970. The zero-order valence-corrected chi connectivity index (χ0v) is 6.35. The average Bonchev–Trinajstić information content (AvgIpc) is 2.31.